The van der Waals surface area contributed by atoms with Crippen molar-refractivity contribution in [3.05, 3.63) is 46.9 Å². The van der Waals surface area contributed by atoms with Crippen molar-refractivity contribution in [2.75, 3.05) is 38.7 Å². The third-order valence-corrected chi connectivity index (χ3v) is 8.75. The average Bonchev–Trinajstić information content (AvgIpc) is 3.62. The van der Waals surface area contributed by atoms with Crippen molar-refractivity contribution in [2.24, 2.45) is 0 Å². The molecule has 0 spiro atoms. The summed E-state index contributed by atoms with van der Waals surface area (Å²) in [4.78, 5) is 38.1. The van der Waals surface area contributed by atoms with E-state index in [0.717, 1.165) is 47.6 Å². The number of rotatable bonds is 9. The minimum absolute atomic E-state index is 0.0746. The molecule has 0 unspecified atom stereocenters. The molecule has 0 saturated heterocycles. The van der Waals surface area contributed by atoms with Gasteiger partial charge < -0.3 is 29.6 Å². The Kier molecular flexibility index (Phi) is 8.74. The zero-order chi connectivity index (χ0) is 29.1. The van der Waals surface area contributed by atoms with Crippen molar-refractivity contribution < 1.29 is 19.1 Å². The molecule has 4 aromatic rings. The Morgan fingerprint density at radius 1 is 1.17 bits per heavy atom. The number of carbonyl (C=O) groups excluding carboxylic acids is 2. The number of nitrogens with one attached hydrogen (secondary N) is 2. The molecular formula is C29H36N6O4S2. The Morgan fingerprint density at radius 3 is 2.73 bits per heavy atom. The summed E-state index contributed by atoms with van der Waals surface area (Å²) in [6, 6.07) is 6.13. The fraction of sp³-hybridized carbons (Fsp3) is 0.448. The first-order valence-electron chi connectivity index (χ1n) is 13.7. The second-order valence-electron chi connectivity index (χ2n) is 11.0. The van der Waals surface area contributed by atoms with Crippen molar-refractivity contribution in [3.8, 4) is 16.3 Å². The number of carbonyl (C=O) groups is 2. The molecule has 0 bridgehead atoms. The zero-order valence-corrected chi connectivity index (χ0v) is 25.7. The third-order valence-electron chi connectivity index (χ3n) is 6.57. The number of methoxy groups -OCH3 is 1. The molecule has 1 aromatic carbocycles. The predicted octanol–water partition coefficient (Wildman–Crippen LogP) is 5.38. The molecule has 41 heavy (non-hydrogen) atoms. The van der Waals surface area contributed by atoms with Gasteiger partial charge in [0.25, 0.3) is 0 Å². The van der Waals surface area contributed by atoms with Crippen molar-refractivity contribution in [2.45, 2.75) is 52.7 Å². The molecule has 2 amide bonds. The van der Waals surface area contributed by atoms with Gasteiger partial charge >= 0.3 is 6.09 Å². The predicted molar refractivity (Wildman–Crippen MR) is 163 cm³/mol. The van der Waals surface area contributed by atoms with Gasteiger partial charge in [0.1, 0.15) is 21.1 Å². The van der Waals surface area contributed by atoms with E-state index < -0.39 is 5.60 Å². The highest BCUT2D eigenvalue weighted by Crippen LogP contribution is 2.46. The molecule has 12 heteroatoms. The van der Waals surface area contributed by atoms with Crippen LogP contribution in [0.15, 0.2) is 30.7 Å². The van der Waals surface area contributed by atoms with Crippen LogP contribution in [0, 0.1) is 6.92 Å². The van der Waals surface area contributed by atoms with Gasteiger partial charge in [0.2, 0.25) is 5.91 Å². The lowest BCUT2D eigenvalue weighted by Crippen LogP contribution is -2.39. The van der Waals surface area contributed by atoms with E-state index >= 15 is 0 Å². The van der Waals surface area contributed by atoms with Gasteiger partial charge in [-0.05, 0) is 51.8 Å². The highest BCUT2D eigenvalue weighted by atomic mass is 32.1. The molecule has 0 fully saturated rings. The normalized spacial score (nSPS) is 13.4. The fourth-order valence-corrected chi connectivity index (χ4v) is 7.10. The fourth-order valence-electron chi connectivity index (χ4n) is 4.69. The monoisotopic (exact) mass is 596 g/mol. The minimum Gasteiger partial charge on any atom is -0.444 e. The number of anilines is 1. The van der Waals surface area contributed by atoms with Crippen LogP contribution < -0.4 is 10.6 Å². The number of imidazole rings is 1. The number of aryl methyl sites for hydroxylation is 1. The molecular weight excluding hydrogens is 560 g/mol. The number of ether oxygens (including phenoxy) is 2. The van der Waals surface area contributed by atoms with Crippen LogP contribution in [-0.2, 0) is 27.2 Å². The first kappa shape index (κ1) is 29.2. The summed E-state index contributed by atoms with van der Waals surface area (Å²) in [5, 5.41) is 7.99. The molecule has 2 N–H and O–H groups in total. The van der Waals surface area contributed by atoms with E-state index in [-0.39, 0.29) is 12.0 Å². The van der Waals surface area contributed by atoms with E-state index in [1.54, 1.807) is 29.7 Å². The lowest BCUT2D eigenvalue weighted by atomic mass is 10.0. The van der Waals surface area contributed by atoms with Gasteiger partial charge in [-0.1, -0.05) is 6.07 Å². The molecule has 0 radical (unpaired) electrons. The van der Waals surface area contributed by atoms with Gasteiger partial charge in [0, 0.05) is 49.8 Å². The molecule has 3 aromatic heterocycles. The molecule has 4 heterocycles. The van der Waals surface area contributed by atoms with Crippen LogP contribution >= 0.6 is 22.7 Å². The highest BCUT2D eigenvalue weighted by molar-refractivity contribution is 7.23. The summed E-state index contributed by atoms with van der Waals surface area (Å²) >= 11 is 3.12. The molecule has 10 nitrogen and oxygen atoms in total. The van der Waals surface area contributed by atoms with Crippen molar-refractivity contribution in [1.29, 1.82) is 0 Å². The third kappa shape index (κ3) is 6.78. The van der Waals surface area contributed by atoms with E-state index in [9.17, 15) is 9.59 Å². The lowest BCUT2D eigenvalue weighted by molar-refractivity contribution is -0.116. The number of nitrogens with zero attached hydrogens (tertiary/aromatic N) is 4. The second-order valence-corrected chi connectivity index (χ2v) is 13.1. The van der Waals surface area contributed by atoms with Gasteiger partial charge in [-0.3, -0.25) is 4.79 Å². The number of para-hydroxylation sites is 1. The zero-order valence-electron chi connectivity index (χ0n) is 24.1. The number of thiophene rings is 1. The molecule has 1 aliphatic heterocycles. The topological polar surface area (TPSA) is 111 Å². The van der Waals surface area contributed by atoms with Crippen LogP contribution in [0.1, 0.15) is 43.3 Å². The highest BCUT2D eigenvalue weighted by Gasteiger charge is 2.31. The van der Waals surface area contributed by atoms with Gasteiger partial charge in [-0.2, -0.15) is 0 Å². The summed E-state index contributed by atoms with van der Waals surface area (Å²) in [6.45, 7) is 10.4. The van der Waals surface area contributed by atoms with Gasteiger partial charge in [-0.15, -0.1) is 22.7 Å². The Morgan fingerprint density at radius 2 is 2.00 bits per heavy atom. The molecule has 0 saturated carbocycles. The smallest absolute Gasteiger partial charge is 0.410 e. The van der Waals surface area contributed by atoms with Gasteiger partial charge in [0.15, 0.2) is 0 Å². The quantitative estimate of drug-likeness (QED) is 0.250. The van der Waals surface area contributed by atoms with Crippen LogP contribution in [-0.4, -0.2) is 70.4 Å². The molecule has 1 aliphatic rings. The largest absolute Gasteiger partial charge is 0.444 e. The maximum atomic E-state index is 13.0. The van der Waals surface area contributed by atoms with Crippen molar-refractivity contribution >= 4 is 49.9 Å². The van der Waals surface area contributed by atoms with Gasteiger partial charge in [0.05, 0.1) is 35.6 Å². The summed E-state index contributed by atoms with van der Waals surface area (Å²) in [7, 11) is 1.65. The summed E-state index contributed by atoms with van der Waals surface area (Å²) < 4.78 is 13.7. The number of benzene rings is 1. The van der Waals surface area contributed by atoms with E-state index in [4.69, 9.17) is 14.5 Å². The number of amides is 2. The summed E-state index contributed by atoms with van der Waals surface area (Å²) in [5.41, 5.74) is 4.28. The second kappa shape index (κ2) is 12.3. The minimum atomic E-state index is -0.569. The van der Waals surface area contributed by atoms with E-state index in [1.165, 1.54) is 11.3 Å². The molecule has 0 aliphatic carbocycles. The van der Waals surface area contributed by atoms with Crippen LogP contribution in [0.4, 0.5) is 9.80 Å². The number of hydrogen-bond donors (Lipinski definition) is 2. The Bertz CT molecular complexity index is 1550. The number of hydrogen-bond acceptors (Lipinski definition) is 9. The van der Waals surface area contributed by atoms with E-state index in [2.05, 4.69) is 21.7 Å². The van der Waals surface area contributed by atoms with Crippen molar-refractivity contribution in [1.82, 2.24) is 24.8 Å². The van der Waals surface area contributed by atoms with Crippen LogP contribution in [0.2, 0.25) is 0 Å². The molecule has 0 atom stereocenters. The summed E-state index contributed by atoms with van der Waals surface area (Å²) in [6.07, 6.45) is 4.44. The maximum Gasteiger partial charge on any atom is 0.410 e. The summed E-state index contributed by atoms with van der Waals surface area (Å²) in [5.74, 6) is -0.0746. The van der Waals surface area contributed by atoms with Crippen LogP contribution in [0.5, 0.6) is 0 Å². The van der Waals surface area contributed by atoms with Gasteiger partial charge in [-0.25, -0.2) is 14.8 Å². The Hall–Kier alpha value is -3.32. The van der Waals surface area contributed by atoms with Crippen molar-refractivity contribution in [3.63, 3.8) is 0 Å². The number of fused-ring (bicyclic) bond motifs is 2. The van der Waals surface area contributed by atoms with Crippen LogP contribution in [0.3, 0.4) is 0 Å². The van der Waals surface area contributed by atoms with E-state index in [1.807, 2.05) is 50.6 Å². The average molecular weight is 597 g/mol. The lowest BCUT2D eigenvalue weighted by Gasteiger charge is -2.30. The van der Waals surface area contributed by atoms with E-state index in [0.29, 0.717) is 45.6 Å². The number of aromatic nitrogens is 3. The SMILES string of the molecule is COCCNCCC(=O)Nc1sc2c(c1-c1nc3c(-n4cnc(C)c4)cccc3s1)CCN(C(=O)OC(C)(C)C)C2. The standard InChI is InChI=1S/C29H36N6O4S2/c1-18-15-35(17-31-18)20-7-6-8-21-25(20)33-27(40-21)24-19-10-13-34(28(37)39-29(2,3)4)16-22(19)41-26(24)32-23(36)9-11-30-12-14-38-5/h6-8,15,17,30H,9-14,16H2,1-5H3,(H,32,36). The Labute approximate surface area is 247 Å². The first-order chi connectivity index (χ1) is 19.6. The Balaban J connectivity index is 1.48. The number of thiazole rings is 1. The first-order valence-corrected chi connectivity index (χ1v) is 15.3. The van der Waals surface area contributed by atoms with Crippen LogP contribution in [0.25, 0.3) is 26.5 Å². The maximum absolute atomic E-state index is 13.0. The molecule has 218 valence electrons. The molecule has 5 rings (SSSR count).